The number of hydrogen-bond acceptors (Lipinski definition) is 7. The zero-order valence-corrected chi connectivity index (χ0v) is 28.1. The van der Waals surface area contributed by atoms with Gasteiger partial charge in [0.05, 0.1) is 40.5 Å². The normalized spacial score (nSPS) is 17.9. The number of nitrogens with zero attached hydrogens (tertiary/aromatic N) is 5. The van der Waals surface area contributed by atoms with Crippen LogP contribution in [0.25, 0.3) is 21.8 Å². The molecule has 8 nitrogen and oxygen atoms in total. The van der Waals surface area contributed by atoms with E-state index in [2.05, 4.69) is 15.3 Å². The number of anilines is 3. The lowest BCUT2D eigenvalue weighted by Gasteiger charge is -2.41. The molecule has 1 N–H and O–H groups in total. The van der Waals surface area contributed by atoms with Crippen molar-refractivity contribution in [1.82, 2.24) is 15.3 Å². The van der Waals surface area contributed by atoms with Crippen LogP contribution in [-0.4, -0.2) is 61.1 Å². The molecule has 2 aromatic heterocycles. The maximum absolute atomic E-state index is 15.2. The number of imide groups is 1. The molecular formula is C36H35F3N6O2S. The molecule has 0 bridgehead atoms. The van der Waals surface area contributed by atoms with Crippen molar-refractivity contribution in [3.8, 4) is 0 Å². The second-order valence-corrected chi connectivity index (χ2v) is 13.5. The first-order chi connectivity index (χ1) is 22.7. The van der Waals surface area contributed by atoms with Crippen LogP contribution >= 0.6 is 11.8 Å². The van der Waals surface area contributed by atoms with E-state index in [1.54, 1.807) is 12.4 Å². The van der Waals surface area contributed by atoms with Gasteiger partial charge in [0.15, 0.2) is 0 Å². The number of urea groups is 1. The molecule has 3 aromatic carbocycles. The maximum Gasteiger partial charge on any atom is 0.446 e. The van der Waals surface area contributed by atoms with Gasteiger partial charge in [-0.2, -0.15) is 13.2 Å². The van der Waals surface area contributed by atoms with Crippen LogP contribution in [0.2, 0.25) is 0 Å². The lowest BCUT2D eigenvalue weighted by Crippen LogP contribution is -2.55. The highest BCUT2D eigenvalue weighted by Gasteiger charge is 2.60. The molecule has 248 valence electrons. The molecule has 3 heterocycles. The number of para-hydroxylation sites is 2. The highest BCUT2D eigenvalue weighted by Crippen LogP contribution is 2.51. The van der Waals surface area contributed by atoms with E-state index in [0.29, 0.717) is 0 Å². The minimum absolute atomic E-state index is 0.0518. The van der Waals surface area contributed by atoms with Crippen molar-refractivity contribution in [2.24, 2.45) is 0 Å². The standard InChI is InChI=1S/C36H35F3N6O2S/c1-21(31-25-11-7-9-13-27(25)40-19-29(31)43(3)4)35(22(2)32-26-12-8-10-14-28(26)41-20-30(32)44(5)6)33(46)45(34(47)42-35)23-15-17-24(18-16-23)48-36(37,38)39/h7-22H,1-6H3,(H,42,47). The number of amides is 3. The van der Waals surface area contributed by atoms with Crippen LogP contribution in [0.1, 0.15) is 36.8 Å². The van der Waals surface area contributed by atoms with Gasteiger partial charge in [-0.15, -0.1) is 0 Å². The molecule has 12 heteroatoms. The molecule has 5 aromatic rings. The Balaban J connectivity index is 1.61. The molecule has 1 fully saturated rings. The Labute approximate surface area is 280 Å². The summed E-state index contributed by atoms with van der Waals surface area (Å²) in [5.41, 5.74) is -1.15. The molecule has 0 saturated carbocycles. The minimum atomic E-state index is -4.47. The topological polar surface area (TPSA) is 81.7 Å². The van der Waals surface area contributed by atoms with Crippen LogP contribution in [0.15, 0.2) is 90.1 Å². The Kier molecular flexibility index (Phi) is 8.49. The second kappa shape index (κ2) is 12.3. The average Bonchev–Trinajstić information content (AvgIpc) is 3.32. The van der Waals surface area contributed by atoms with Gasteiger partial charge in [-0.3, -0.25) is 14.8 Å². The molecule has 48 heavy (non-hydrogen) atoms. The summed E-state index contributed by atoms with van der Waals surface area (Å²) < 4.78 is 39.3. The van der Waals surface area contributed by atoms with Crippen LogP contribution in [0.3, 0.4) is 0 Å². The summed E-state index contributed by atoms with van der Waals surface area (Å²) in [5.74, 6) is -1.76. The van der Waals surface area contributed by atoms with Gasteiger partial charge < -0.3 is 15.1 Å². The quantitative estimate of drug-likeness (QED) is 0.132. The van der Waals surface area contributed by atoms with Crippen molar-refractivity contribution in [2.75, 3.05) is 42.9 Å². The van der Waals surface area contributed by atoms with Crippen LogP contribution in [0, 0.1) is 0 Å². The van der Waals surface area contributed by atoms with Gasteiger partial charge in [0, 0.05) is 55.7 Å². The Hall–Kier alpha value is -4.84. The highest BCUT2D eigenvalue weighted by molar-refractivity contribution is 8.00. The zero-order valence-electron chi connectivity index (χ0n) is 27.3. The third kappa shape index (κ3) is 5.57. The molecule has 3 amide bonds. The summed E-state index contributed by atoms with van der Waals surface area (Å²) in [6, 6.07) is 20.0. The molecule has 0 aliphatic carbocycles. The summed E-state index contributed by atoms with van der Waals surface area (Å²) in [5, 5.41) is 4.83. The van der Waals surface area contributed by atoms with E-state index >= 15 is 4.79 Å². The fourth-order valence-corrected chi connectivity index (χ4v) is 7.48. The largest absolute Gasteiger partial charge is 0.446 e. The molecule has 1 saturated heterocycles. The first kappa shape index (κ1) is 33.1. The van der Waals surface area contributed by atoms with Gasteiger partial charge in [-0.1, -0.05) is 50.2 Å². The molecular weight excluding hydrogens is 637 g/mol. The number of rotatable bonds is 8. The minimum Gasteiger partial charge on any atom is -0.376 e. The van der Waals surface area contributed by atoms with Crippen LogP contribution < -0.4 is 20.0 Å². The first-order valence-corrected chi connectivity index (χ1v) is 16.2. The number of halogens is 3. The van der Waals surface area contributed by atoms with Crippen molar-refractivity contribution in [2.45, 2.75) is 41.6 Å². The van der Waals surface area contributed by atoms with Gasteiger partial charge in [0.25, 0.3) is 5.91 Å². The third-order valence-corrected chi connectivity index (χ3v) is 9.93. The molecule has 6 rings (SSSR count). The number of carbonyl (C=O) groups is 2. The summed E-state index contributed by atoms with van der Waals surface area (Å²) in [6.07, 6.45) is 3.55. The SMILES string of the molecule is CC(c1c(N(C)C)cnc2ccccc12)C1(C(C)c2c(N(C)C)cnc3ccccc23)NC(=O)N(c2ccc(SC(F)(F)F)cc2)C1=O. The number of fused-ring (bicyclic) bond motifs is 2. The summed E-state index contributed by atoms with van der Waals surface area (Å²) in [6.45, 7) is 3.88. The fourth-order valence-electron chi connectivity index (χ4n) is 6.94. The number of thioether (sulfide) groups is 1. The third-order valence-electron chi connectivity index (χ3n) is 9.19. The van der Waals surface area contributed by atoms with Crippen molar-refractivity contribution < 1.29 is 22.8 Å². The van der Waals surface area contributed by atoms with Gasteiger partial charge >= 0.3 is 11.5 Å². The van der Waals surface area contributed by atoms with Gasteiger partial charge in [0.2, 0.25) is 0 Å². The van der Waals surface area contributed by atoms with Crippen LogP contribution in [0.4, 0.5) is 35.0 Å². The molecule has 2 unspecified atom stereocenters. The summed E-state index contributed by atoms with van der Waals surface area (Å²) in [7, 11) is 7.61. The van der Waals surface area contributed by atoms with Gasteiger partial charge in [-0.25, -0.2) is 9.69 Å². The van der Waals surface area contributed by atoms with E-state index in [-0.39, 0.29) is 22.3 Å². The van der Waals surface area contributed by atoms with E-state index in [4.69, 9.17) is 0 Å². The predicted molar refractivity (Wildman–Crippen MR) is 186 cm³/mol. The number of carbonyl (C=O) groups excluding carboxylic acids is 2. The Morgan fingerprint density at radius 2 is 1.21 bits per heavy atom. The molecule has 1 aliphatic heterocycles. The van der Waals surface area contributed by atoms with Crippen molar-refractivity contribution in [3.05, 3.63) is 96.3 Å². The van der Waals surface area contributed by atoms with Crippen molar-refractivity contribution in [1.29, 1.82) is 0 Å². The van der Waals surface area contributed by atoms with Crippen molar-refractivity contribution >= 4 is 62.6 Å². The van der Waals surface area contributed by atoms with E-state index < -0.39 is 34.8 Å². The average molecular weight is 673 g/mol. The zero-order chi connectivity index (χ0) is 34.5. The fraction of sp³-hybridized carbons (Fsp3) is 0.278. The van der Waals surface area contributed by atoms with Gasteiger partial charge in [-0.05, 0) is 59.3 Å². The predicted octanol–water partition coefficient (Wildman–Crippen LogP) is 7.93. The second-order valence-electron chi connectivity index (χ2n) is 12.4. The smallest absolute Gasteiger partial charge is 0.376 e. The Morgan fingerprint density at radius 1 is 0.750 bits per heavy atom. The van der Waals surface area contributed by atoms with E-state index in [9.17, 15) is 18.0 Å². The number of aromatic nitrogens is 2. The lowest BCUT2D eigenvalue weighted by atomic mass is 9.68. The Bertz CT molecular complexity index is 1940. The Morgan fingerprint density at radius 3 is 1.65 bits per heavy atom. The highest BCUT2D eigenvalue weighted by atomic mass is 32.2. The lowest BCUT2D eigenvalue weighted by molar-refractivity contribution is -0.123. The monoisotopic (exact) mass is 672 g/mol. The van der Waals surface area contributed by atoms with Crippen molar-refractivity contribution in [3.63, 3.8) is 0 Å². The van der Waals surface area contributed by atoms with E-state index in [1.807, 2.05) is 100 Å². The van der Waals surface area contributed by atoms with Crippen LogP contribution in [-0.2, 0) is 4.79 Å². The molecule has 1 aliphatic rings. The number of benzene rings is 3. The number of pyridine rings is 2. The molecule has 0 radical (unpaired) electrons. The van der Waals surface area contributed by atoms with E-state index in [1.165, 1.54) is 24.3 Å². The number of alkyl halides is 3. The molecule has 2 atom stereocenters. The number of hydrogen-bond donors (Lipinski definition) is 1. The summed E-state index contributed by atoms with van der Waals surface area (Å²) in [4.78, 5) is 43.6. The van der Waals surface area contributed by atoms with Crippen LogP contribution in [0.5, 0.6) is 0 Å². The first-order valence-electron chi connectivity index (χ1n) is 15.4. The van der Waals surface area contributed by atoms with E-state index in [0.717, 1.165) is 49.2 Å². The number of nitrogens with one attached hydrogen (secondary N) is 1. The summed E-state index contributed by atoms with van der Waals surface area (Å²) >= 11 is -0.257. The molecule has 0 spiro atoms. The van der Waals surface area contributed by atoms with Gasteiger partial charge in [0.1, 0.15) is 5.54 Å². The maximum atomic E-state index is 15.2.